The third kappa shape index (κ3) is 8.36. The number of carbonyl (C=O) groups is 4. The standard InChI is InChI=1S/C24H33N5O6.2ClH/c30-21-5-4-20(23(32)27-21)29-16-18-17(24(29)33)2-1-3-19(18)26-22(31)6-12-34-14-15-35-13-11-28-9-7-25-8-10-28;;/h1-3,20,25H,4-16H2,(H,26,31)(H,27,30,32);2*1H. The third-order valence-corrected chi connectivity index (χ3v) is 6.46. The fourth-order valence-corrected chi connectivity index (χ4v) is 4.53. The quantitative estimate of drug-likeness (QED) is 0.265. The molecule has 0 aromatic heterocycles. The minimum Gasteiger partial charge on any atom is -0.379 e. The molecular formula is C24H35Cl2N5O6. The summed E-state index contributed by atoms with van der Waals surface area (Å²) in [6.45, 7) is 7.08. The molecule has 1 unspecified atom stereocenters. The van der Waals surface area contributed by atoms with Crippen molar-refractivity contribution < 1.29 is 28.7 Å². The molecule has 3 aliphatic rings. The maximum atomic E-state index is 12.9. The molecule has 2 fully saturated rings. The number of hydrogen-bond donors (Lipinski definition) is 3. The van der Waals surface area contributed by atoms with Gasteiger partial charge >= 0.3 is 0 Å². The normalized spacial score (nSPS) is 19.5. The Hall–Kier alpha value is -2.28. The molecule has 13 heteroatoms. The van der Waals surface area contributed by atoms with Crippen molar-refractivity contribution in [2.24, 2.45) is 0 Å². The van der Waals surface area contributed by atoms with E-state index in [2.05, 4.69) is 20.9 Å². The summed E-state index contributed by atoms with van der Waals surface area (Å²) in [6.07, 6.45) is 0.666. The number of imide groups is 1. The zero-order valence-corrected chi connectivity index (χ0v) is 22.3. The monoisotopic (exact) mass is 559 g/mol. The summed E-state index contributed by atoms with van der Waals surface area (Å²) in [5, 5.41) is 8.47. The van der Waals surface area contributed by atoms with E-state index >= 15 is 0 Å². The number of carbonyl (C=O) groups excluding carboxylic acids is 4. The highest BCUT2D eigenvalue weighted by Gasteiger charge is 2.39. The van der Waals surface area contributed by atoms with Crippen molar-refractivity contribution >= 4 is 54.1 Å². The van der Waals surface area contributed by atoms with Crippen LogP contribution >= 0.6 is 24.8 Å². The van der Waals surface area contributed by atoms with E-state index in [1.54, 1.807) is 18.2 Å². The summed E-state index contributed by atoms with van der Waals surface area (Å²) < 4.78 is 11.1. The Morgan fingerprint density at radius 1 is 1.03 bits per heavy atom. The fourth-order valence-electron chi connectivity index (χ4n) is 4.53. The van der Waals surface area contributed by atoms with Crippen LogP contribution in [0, 0.1) is 0 Å². The van der Waals surface area contributed by atoms with Gasteiger partial charge in [-0.1, -0.05) is 6.07 Å². The molecule has 0 radical (unpaired) electrons. The van der Waals surface area contributed by atoms with E-state index in [4.69, 9.17) is 9.47 Å². The second-order valence-electron chi connectivity index (χ2n) is 8.85. The van der Waals surface area contributed by atoms with E-state index in [0.717, 1.165) is 32.7 Å². The van der Waals surface area contributed by atoms with E-state index in [1.165, 1.54) is 4.90 Å². The van der Waals surface area contributed by atoms with Crippen LogP contribution in [0.3, 0.4) is 0 Å². The number of fused-ring (bicyclic) bond motifs is 1. The number of amides is 4. The lowest BCUT2D eigenvalue weighted by Gasteiger charge is -2.29. The van der Waals surface area contributed by atoms with Gasteiger partial charge in [-0.15, -0.1) is 24.8 Å². The van der Waals surface area contributed by atoms with Crippen molar-refractivity contribution in [3.63, 3.8) is 0 Å². The topological polar surface area (TPSA) is 129 Å². The van der Waals surface area contributed by atoms with Crippen LogP contribution in [0.25, 0.3) is 0 Å². The number of benzene rings is 1. The average Bonchev–Trinajstić information content (AvgIpc) is 3.18. The highest BCUT2D eigenvalue weighted by molar-refractivity contribution is 6.06. The molecule has 37 heavy (non-hydrogen) atoms. The van der Waals surface area contributed by atoms with Crippen LogP contribution in [-0.4, -0.2) is 98.6 Å². The lowest BCUT2D eigenvalue weighted by molar-refractivity contribution is -0.137. The second kappa shape index (κ2) is 15.2. The van der Waals surface area contributed by atoms with Crippen LogP contribution in [0.2, 0.25) is 0 Å². The van der Waals surface area contributed by atoms with Crippen LogP contribution in [0.4, 0.5) is 5.69 Å². The molecule has 4 rings (SSSR count). The van der Waals surface area contributed by atoms with Gasteiger partial charge < -0.3 is 25.0 Å². The number of halogens is 2. The Balaban J connectivity index is 0.00000241. The fraction of sp³-hybridized carbons (Fsp3) is 0.583. The number of nitrogens with one attached hydrogen (secondary N) is 3. The lowest BCUT2D eigenvalue weighted by Crippen LogP contribution is -2.52. The van der Waals surface area contributed by atoms with E-state index in [-0.39, 0.29) is 68.5 Å². The maximum Gasteiger partial charge on any atom is 0.255 e. The number of rotatable bonds is 11. The summed E-state index contributed by atoms with van der Waals surface area (Å²) in [4.78, 5) is 52.8. The van der Waals surface area contributed by atoms with Gasteiger partial charge in [0.25, 0.3) is 5.91 Å². The van der Waals surface area contributed by atoms with Crippen molar-refractivity contribution in [1.29, 1.82) is 0 Å². The predicted octanol–water partition coefficient (Wildman–Crippen LogP) is 0.558. The Morgan fingerprint density at radius 2 is 1.76 bits per heavy atom. The molecule has 0 aliphatic carbocycles. The number of piperazine rings is 1. The number of anilines is 1. The summed E-state index contributed by atoms with van der Waals surface area (Å²) in [5.74, 6) is -1.28. The van der Waals surface area contributed by atoms with E-state index in [9.17, 15) is 19.2 Å². The van der Waals surface area contributed by atoms with E-state index in [1.807, 2.05) is 0 Å². The van der Waals surface area contributed by atoms with Gasteiger partial charge in [-0.2, -0.15) is 0 Å². The van der Waals surface area contributed by atoms with Crippen molar-refractivity contribution in [2.45, 2.75) is 31.8 Å². The zero-order chi connectivity index (χ0) is 24.6. The van der Waals surface area contributed by atoms with Crippen molar-refractivity contribution in [3.8, 4) is 0 Å². The zero-order valence-electron chi connectivity index (χ0n) is 20.7. The predicted molar refractivity (Wildman–Crippen MR) is 141 cm³/mol. The second-order valence-corrected chi connectivity index (χ2v) is 8.85. The van der Waals surface area contributed by atoms with E-state index in [0.29, 0.717) is 43.1 Å². The maximum absolute atomic E-state index is 12.9. The Morgan fingerprint density at radius 3 is 2.49 bits per heavy atom. The first kappa shape index (κ1) is 30.9. The van der Waals surface area contributed by atoms with Gasteiger partial charge in [0.15, 0.2) is 0 Å². The van der Waals surface area contributed by atoms with Gasteiger partial charge in [-0.3, -0.25) is 29.4 Å². The molecule has 0 spiro atoms. The number of hydrogen-bond acceptors (Lipinski definition) is 8. The van der Waals surface area contributed by atoms with Crippen molar-refractivity contribution in [2.75, 3.05) is 64.5 Å². The smallest absolute Gasteiger partial charge is 0.255 e. The molecule has 0 bridgehead atoms. The van der Waals surface area contributed by atoms with Gasteiger partial charge in [-0.25, -0.2) is 0 Å². The average molecular weight is 560 g/mol. The molecule has 3 heterocycles. The number of piperidine rings is 1. The van der Waals surface area contributed by atoms with Crippen LogP contribution in [0.1, 0.15) is 35.2 Å². The summed E-state index contributed by atoms with van der Waals surface area (Å²) in [6, 6.07) is 4.44. The molecule has 206 valence electrons. The molecule has 1 aromatic carbocycles. The molecule has 11 nitrogen and oxygen atoms in total. The first-order chi connectivity index (χ1) is 17.0. The largest absolute Gasteiger partial charge is 0.379 e. The third-order valence-electron chi connectivity index (χ3n) is 6.46. The summed E-state index contributed by atoms with van der Waals surface area (Å²) in [7, 11) is 0. The van der Waals surface area contributed by atoms with Crippen molar-refractivity contribution in [3.05, 3.63) is 29.3 Å². The van der Waals surface area contributed by atoms with Crippen LogP contribution in [0.5, 0.6) is 0 Å². The van der Waals surface area contributed by atoms with E-state index < -0.39 is 11.9 Å². The minimum atomic E-state index is -0.691. The molecule has 1 aromatic rings. The number of ether oxygens (including phenoxy) is 2. The van der Waals surface area contributed by atoms with Gasteiger partial charge in [0.05, 0.1) is 32.8 Å². The molecule has 4 amide bonds. The highest BCUT2D eigenvalue weighted by Crippen LogP contribution is 2.32. The van der Waals surface area contributed by atoms with Crippen molar-refractivity contribution in [1.82, 2.24) is 20.4 Å². The molecule has 1 atom stereocenters. The first-order valence-electron chi connectivity index (χ1n) is 12.2. The van der Waals surface area contributed by atoms with Crippen LogP contribution < -0.4 is 16.0 Å². The summed E-state index contributed by atoms with van der Waals surface area (Å²) >= 11 is 0. The Kier molecular flexibility index (Phi) is 12.7. The molecular weight excluding hydrogens is 525 g/mol. The lowest BCUT2D eigenvalue weighted by atomic mass is 10.0. The minimum absolute atomic E-state index is 0. The molecule has 3 N–H and O–H groups in total. The molecule has 0 saturated carbocycles. The van der Waals surface area contributed by atoms with Gasteiger partial charge in [0.2, 0.25) is 17.7 Å². The van der Waals surface area contributed by atoms with Gasteiger partial charge in [-0.05, 0) is 18.6 Å². The van der Waals surface area contributed by atoms with Crippen LogP contribution in [0.15, 0.2) is 18.2 Å². The highest BCUT2D eigenvalue weighted by atomic mass is 35.5. The first-order valence-corrected chi connectivity index (χ1v) is 12.2. The summed E-state index contributed by atoms with van der Waals surface area (Å²) in [5.41, 5.74) is 1.68. The Labute approximate surface area is 228 Å². The molecule has 3 aliphatic heterocycles. The van der Waals surface area contributed by atoms with Gasteiger partial charge in [0.1, 0.15) is 6.04 Å². The Bertz CT molecular complexity index is 960. The molecule has 2 saturated heterocycles. The SMILES string of the molecule is Cl.Cl.O=C1CCC(N2Cc3c(NC(=O)CCOCCOCCN4CCNCC4)cccc3C2=O)C(=O)N1. The number of nitrogens with zero attached hydrogens (tertiary/aromatic N) is 2. The van der Waals surface area contributed by atoms with Gasteiger partial charge in [0, 0.05) is 62.5 Å². The van der Waals surface area contributed by atoms with Crippen LogP contribution in [-0.2, 0) is 30.4 Å².